The summed E-state index contributed by atoms with van der Waals surface area (Å²) in [5, 5.41) is 9.80. The van der Waals surface area contributed by atoms with Crippen molar-refractivity contribution < 1.29 is 4.79 Å². The van der Waals surface area contributed by atoms with Crippen LogP contribution in [0.4, 0.5) is 0 Å². The predicted octanol–water partition coefficient (Wildman–Crippen LogP) is 4.63. The number of benzene rings is 3. The summed E-state index contributed by atoms with van der Waals surface area (Å²) < 4.78 is 3.42. The zero-order valence-electron chi connectivity index (χ0n) is 17.6. The van der Waals surface area contributed by atoms with Crippen molar-refractivity contribution in [3.63, 3.8) is 0 Å². The Hall–Kier alpha value is -3.71. The highest BCUT2D eigenvalue weighted by molar-refractivity contribution is 7.99. The molecule has 0 unspecified atom stereocenters. The van der Waals surface area contributed by atoms with Crippen molar-refractivity contribution >= 4 is 34.2 Å². The van der Waals surface area contributed by atoms with Gasteiger partial charge < -0.3 is 0 Å². The fourth-order valence-corrected chi connectivity index (χ4v) is 4.49. The van der Waals surface area contributed by atoms with Gasteiger partial charge in [0.25, 0.3) is 5.56 Å². The van der Waals surface area contributed by atoms with Gasteiger partial charge in [-0.2, -0.15) is 0 Å². The number of Topliss-reactive ketones (excluding diaryl/α,β-unsaturated/α-hetero) is 1. The molecule has 6 nitrogen and oxygen atoms in total. The molecule has 0 saturated carbocycles. The molecule has 0 atom stereocenters. The Morgan fingerprint density at radius 1 is 0.875 bits per heavy atom. The van der Waals surface area contributed by atoms with E-state index >= 15 is 0 Å². The van der Waals surface area contributed by atoms with Crippen LogP contribution in [0, 0.1) is 13.8 Å². The van der Waals surface area contributed by atoms with Gasteiger partial charge in [-0.1, -0.05) is 71.4 Å². The van der Waals surface area contributed by atoms with Crippen LogP contribution < -0.4 is 5.56 Å². The largest absolute Gasteiger partial charge is 0.293 e. The summed E-state index contributed by atoms with van der Waals surface area (Å²) >= 11 is 1.32. The summed E-state index contributed by atoms with van der Waals surface area (Å²) in [5.74, 6) is 0.660. The van der Waals surface area contributed by atoms with Crippen molar-refractivity contribution in [2.75, 3.05) is 5.75 Å². The van der Waals surface area contributed by atoms with E-state index in [1.807, 2.05) is 85.0 Å². The summed E-state index contributed by atoms with van der Waals surface area (Å²) in [5.41, 5.74) is 4.15. The van der Waals surface area contributed by atoms with Gasteiger partial charge in [0, 0.05) is 5.56 Å². The molecule has 0 aliphatic heterocycles. The van der Waals surface area contributed by atoms with Crippen molar-refractivity contribution in [1.29, 1.82) is 0 Å². The molecule has 32 heavy (non-hydrogen) atoms. The molecule has 7 heteroatoms. The first-order chi connectivity index (χ1) is 15.5. The first-order valence-corrected chi connectivity index (χ1v) is 11.2. The first-order valence-electron chi connectivity index (χ1n) is 10.2. The summed E-state index contributed by atoms with van der Waals surface area (Å²) in [4.78, 5) is 26.0. The van der Waals surface area contributed by atoms with Crippen LogP contribution in [0.15, 0.2) is 82.7 Å². The van der Waals surface area contributed by atoms with Crippen LogP contribution in [-0.4, -0.2) is 30.7 Å². The van der Waals surface area contributed by atoms with E-state index in [-0.39, 0.29) is 17.1 Å². The zero-order chi connectivity index (χ0) is 22.2. The van der Waals surface area contributed by atoms with E-state index in [0.717, 1.165) is 16.8 Å². The zero-order valence-corrected chi connectivity index (χ0v) is 18.5. The Morgan fingerprint density at radius 3 is 2.25 bits per heavy atom. The third kappa shape index (κ3) is 3.50. The number of rotatable bonds is 5. The Balaban J connectivity index is 1.62. The number of carbonyl (C=O) groups excluding carboxylic acids is 1. The number of fused-ring (bicyclic) bond motifs is 3. The fraction of sp³-hybridized carbons (Fsp3) is 0.120. The van der Waals surface area contributed by atoms with E-state index in [1.54, 1.807) is 10.6 Å². The molecule has 0 radical (unpaired) electrons. The Bertz CT molecular complexity index is 1520. The molecule has 2 heterocycles. The monoisotopic (exact) mass is 440 g/mol. The molecule has 0 bridgehead atoms. The maximum absolute atomic E-state index is 13.3. The SMILES string of the molecule is Cc1ccc(C(=O)CSc2nnc3n(-c4ccc(C)cc4)c(=O)c4ccccc4n23)cc1. The van der Waals surface area contributed by atoms with Crippen LogP contribution in [-0.2, 0) is 0 Å². The van der Waals surface area contributed by atoms with E-state index in [9.17, 15) is 9.59 Å². The Labute approximate surface area is 188 Å². The van der Waals surface area contributed by atoms with Crippen LogP contribution in [0.2, 0.25) is 0 Å². The number of para-hydroxylation sites is 1. The van der Waals surface area contributed by atoms with Crippen LogP contribution in [0.5, 0.6) is 0 Å². The number of carbonyl (C=O) groups is 1. The van der Waals surface area contributed by atoms with E-state index in [4.69, 9.17) is 0 Å². The number of ketones is 1. The van der Waals surface area contributed by atoms with E-state index < -0.39 is 0 Å². The van der Waals surface area contributed by atoms with Crippen molar-refractivity contribution in [2.24, 2.45) is 0 Å². The minimum Gasteiger partial charge on any atom is -0.293 e. The quantitative estimate of drug-likeness (QED) is 0.295. The molecule has 0 fully saturated rings. The number of aryl methyl sites for hydroxylation is 2. The lowest BCUT2D eigenvalue weighted by Crippen LogP contribution is -2.21. The molecule has 0 saturated heterocycles. The van der Waals surface area contributed by atoms with Crippen molar-refractivity contribution in [3.05, 3.63) is 99.8 Å². The minimum absolute atomic E-state index is 0.0166. The van der Waals surface area contributed by atoms with Gasteiger partial charge in [0.2, 0.25) is 5.78 Å². The molecular weight excluding hydrogens is 420 g/mol. The van der Waals surface area contributed by atoms with E-state index in [0.29, 0.717) is 27.4 Å². The molecule has 0 N–H and O–H groups in total. The second kappa shape index (κ2) is 8.09. The fourth-order valence-electron chi connectivity index (χ4n) is 3.65. The minimum atomic E-state index is -0.156. The highest BCUT2D eigenvalue weighted by atomic mass is 32.2. The number of nitrogens with zero attached hydrogens (tertiary/aromatic N) is 4. The van der Waals surface area contributed by atoms with Crippen LogP contribution in [0.1, 0.15) is 21.5 Å². The number of aromatic nitrogens is 4. The van der Waals surface area contributed by atoms with Gasteiger partial charge in [-0.3, -0.25) is 14.0 Å². The molecule has 0 aliphatic carbocycles. The lowest BCUT2D eigenvalue weighted by atomic mass is 10.1. The summed E-state index contributed by atoms with van der Waals surface area (Å²) in [7, 11) is 0. The first kappa shape index (κ1) is 20.2. The third-order valence-electron chi connectivity index (χ3n) is 5.39. The van der Waals surface area contributed by atoms with Gasteiger partial charge in [0.1, 0.15) is 0 Å². The van der Waals surface area contributed by atoms with Gasteiger partial charge >= 0.3 is 0 Å². The van der Waals surface area contributed by atoms with Gasteiger partial charge in [-0.25, -0.2) is 4.57 Å². The lowest BCUT2D eigenvalue weighted by Gasteiger charge is -2.11. The van der Waals surface area contributed by atoms with Crippen LogP contribution in [0.25, 0.3) is 22.4 Å². The highest BCUT2D eigenvalue weighted by Crippen LogP contribution is 2.24. The number of thioether (sulfide) groups is 1. The maximum atomic E-state index is 13.3. The number of hydrogen-bond donors (Lipinski definition) is 0. The van der Waals surface area contributed by atoms with Gasteiger partial charge in [0.15, 0.2) is 10.9 Å². The molecule has 2 aromatic heterocycles. The van der Waals surface area contributed by atoms with Crippen molar-refractivity contribution in [3.8, 4) is 5.69 Å². The van der Waals surface area contributed by atoms with Gasteiger partial charge in [-0.05, 0) is 38.1 Å². The average Bonchev–Trinajstić information content (AvgIpc) is 3.23. The molecule has 0 amide bonds. The van der Waals surface area contributed by atoms with E-state index in [1.165, 1.54) is 11.8 Å². The Morgan fingerprint density at radius 2 is 1.53 bits per heavy atom. The van der Waals surface area contributed by atoms with Gasteiger partial charge in [0.05, 0.1) is 22.3 Å². The molecular formula is C25H20N4O2S. The van der Waals surface area contributed by atoms with Crippen LogP contribution >= 0.6 is 11.8 Å². The normalized spacial score (nSPS) is 11.3. The second-order valence-corrected chi connectivity index (χ2v) is 8.63. The maximum Gasteiger partial charge on any atom is 0.267 e. The predicted molar refractivity (Wildman–Crippen MR) is 127 cm³/mol. The standard InChI is InChI=1S/C25H20N4O2S/c1-16-7-11-18(12-8-16)22(30)15-32-25-27-26-24-28(19-13-9-17(2)10-14-19)23(31)20-5-3-4-6-21(20)29(24)25/h3-14H,15H2,1-2H3. The third-order valence-corrected chi connectivity index (χ3v) is 6.32. The smallest absolute Gasteiger partial charge is 0.267 e. The molecule has 5 aromatic rings. The van der Waals surface area contributed by atoms with Crippen molar-refractivity contribution in [2.45, 2.75) is 19.0 Å². The molecule has 158 valence electrons. The van der Waals surface area contributed by atoms with Crippen molar-refractivity contribution in [1.82, 2.24) is 19.2 Å². The van der Waals surface area contributed by atoms with Gasteiger partial charge in [-0.15, -0.1) is 10.2 Å². The highest BCUT2D eigenvalue weighted by Gasteiger charge is 2.18. The van der Waals surface area contributed by atoms with E-state index in [2.05, 4.69) is 10.2 Å². The molecule has 0 aliphatic rings. The average molecular weight is 441 g/mol. The number of hydrogen-bond acceptors (Lipinski definition) is 5. The van der Waals surface area contributed by atoms with Crippen LogP contribution in [0.3, 0.4) is 0 Å². The topological polar surface area (TPSA) is 69.3 Å². The summed E-state index contributed by atoms with van der Waals surface area (Å²) in [6.07, 6.45) is 0. The summed E-state index contributed by atoms with van der Waals surface area (Å²) in [6.45, 7) is 3.99. The lowest BCUT2D eigenvalue weighted by molar-refractivity contribution is 0.102. The summed E-state index contributed by atoms with van der Waals surface area (Å²) in [6, 6.07) is 22.6. The molecule has 0 spiro atoms. The Kier molecular flexibility index (Phi) is 5.11. The second-order valence-electron chi connectivity index (χ2n) is 7.69. The molecule has 5 rings (SSSR count). The molecule has 3 aromatic carbocycles.